The average molecular weight is 255 g/mol. The Morgan fingerprint density at radius 1 is 1.31 bits per heavy atom. The van der Waals surface area contributed by atoms with Crippen LogP contribution in [0.4, 0.5) is 0 Å². The van der Waals surface area contributed by atoms with E-state index in [0.29, 0.717) is 22.3 Å². The number of rotatable bonds is 3. The minimum atomic E-state index is 0.328. The summed E-state index contributed by atoms with van der Waals surface area (Å²) in [5.41, 5.74) is 1.61. The van der Waals surface area contributed by atoms with E-state index in [1.54, 1.807) is 18.3 Å². The van der Waals surface area contributed by atoms with E-state index >= 15 is 0 Å². The second-order valence-electron chi connectivity index (χ2n) is 3.26. The van der Waals surface area contributed by atoms with Crippen LogP contribution in [0.3, 0.4) is 0 Å². The van der Waals surface area contributed by atoms with Crippen LogP contribution in [0, 0.1) is 0 Å². The summed E-state index contributed by atoms with van der Waals surface area (Å²) in [6.45, 7) is 0. The minimum Gasteiger partial charge on any atom is -0.341 e. The van der Waals surface area contributed by atoms with E-state index in [9.17, 15) is 4.79 Å². The van der Waals surface area contributed by atoms with Crippen molar-refractivity contribution in [1.82, 2.24) is 9.97 Å². The van der Waals surface area contributed by atoms with Crippen LogP contribution < -0.4 is 0 Å². The lowest BCUT2D eigenvalue weighted by molar-refractivity contribution is -0.107. The van der Waals surface area contributed by atoms with Crippen LogP contribution in [-0.2, 0) is 11.2 Å². The van der Waals surface area contributed by atoms with Gasteiger partial charge in [-0.1, -0.05) is 23.2 Å². The molecule has 0 spiro atoms. The van der Waals surface area contributed by atoms with Crippen molar-refractivity contribution in [3.05, 3.63) is 40.1 Å². The molecule has 0 fully saturated rings. The predicted molar refractivity (Wildman–Crippen MR) is 63.8 cm³/mol. The van der Waals surface area contributed by atoms with E-state index in [2.05, 4.69) is 9.97 Å². The fourth-order valence-corrected chi connectivity index (χ4v) is 1.64. The van der Waals surface area contributed by atoms with Gasteiger partial charge in [0.25, 0.3) is 0 Å². The van der Waals surface area contributed by atoms with Crippen LogP contribution in [-0.4, -0.2) is 16.3 Å². The first kappa shape index (κ1) is 11.2. The molecule has 1 aromatic carbocycles. The normalized spacial score (nSPS) is 10.4. The van der Waals surface area contributed by atoms with Crippen molar-refractivity contribution in [3.8, 4) is 11.4 Å². The Morgan fingerprint density at radius 2 is 2.12 bits per heavy atom. The first-order valence-corrected chi connectivity index (χ1v) is 5.39. The highest BCUT2D eigenvalue weighted by Gasteiger charge is 2.05. The van der Waals surface area contributed by atoms with E-state index in [-0.39, 0.29) is 0 Å². The summed E-state index contributed by atoms with van der Waals surface area (Å²) in [7, 11) is 0. The summed E-state index contributed by atoms with van der Waals surface area (Å²) in [5.74, 6) is 0.676. The van der Waals surface area contributed by atoms with Gasteiger partial charge in [-0.25, -0.2) is 4.98 Å². The summed E-state index contributed by atoms with van der Waals surface area (Å²) in [6.07, 6.45) is 2.78. The van der Waals surface area contributed by atoms with Crippen molar-refractivity contribution in [2.24, 2.45) is 0 Å². The van der Waals surface area contributed by atoms with Crippen LogP contribution in [0.25, 0.3) is 11.4 Å². The maximum atomic E-state index is 10.3. The second-order valence-corrected chi connectivity index (χ2v) is 4.07. The first-order chi connectivity index (χ1) is 7.70. The van der Waals surface area contributed by atoms with Gasteiger partial charge < -0.3 is 9.78 Å². The molecule has 0 aliphatic carbocycles. The molecule has 0 amide bonds. The van der Waals surface area contributed by atoms with Crippen molar-refractivity contribution in [1.29, 1.82) is 0 Å². The zero-order valence-corrected chi connectivity index (χ0v) is 9.72. The van der Waals surface area contributed by atoms with Gasteiger partial charge in [0.1, 0.15) is 12.1 Å². The van der Waals surface area contributed by atoms with E-state index < -0.39 is 0 Å². The number of hydrogen-bond donors (Lipinski definition) is 1. The van der Waals surface area contributed by atoms with Crippen molar-refractivity contribution in [2.75, 3.05) is 0 Å². The summed E-state index contributed by atoms with van der Waals surface area (Å²) in [4.78, 5) is 17.5. The molecular weight excluding hydrogens is 247 g/mol. The largest absolute Gasteiger partial charge is 0.341 e. The molecule has 0 unspecified atom stereocenters. The zero-order chi connectivity index (χ0) is 11.5. The molecule has 0 radical (unpaired) electrons. The number of aldehydes is 1. The fourth-order valence-electron chi connectivity index (χ4n) is 1.34. The molecule has 0 aliphatic heterocycles. The maximum Gasteiger partial charge on any atom is 0.137 e. The topological polar surface area (TPSA) is 45.8 Å². The lowest BCUT2D eigenvalue weighted by atomic mass is 10.2. The van der Waals surface area contributed by atoms with Gasteiger partial charge in [0.05, 0.1) is 10.0 Å². The molecule has 2 aromatic rings. The third-order valence-electron chi connectivity index (χ3n) is 2.12. The van der Waals surface area contributed by atoms with Crippen molar-refractivity contribution in [2.45, 2.75) is 6.42 Å². The number of imidazole rings is 1. The van der Waals surface area contributed by atoms with Gasteiger partial charge in [0.15, 0.2) is 0 Å². The molecule has 3 nitrogen and oxygen atoms in total. The Morgan fingerprint density at radius 3 is 2.81 bits per heavy atom. The van der Waals surface area contributed by atoms with E-state index in [1.807, 2.05) is 6.07 Å². The standard InChI is InChI=1S/C11H8Cl2N2O/c12-9-2-1-7(5-10(9)13)11-14-6-8(15-11)3-4-16/h1-2,4-6H,3H2,(H,14,15). The van der Waals surface area contributed by atoms with E-state index in [1.165, 1.54) is 0 Å². The molecule has 0 saturated heterocycles. The predicted octanol–water partition coefficient (Wildman–Crippen LogP) is 3.12. The van der Waals surface area contributed by atoms with Gasteiger partial charge in [0, 0.05) is 23.9 Å². The van der Waals surface area contributed by atoms with Crippen LogP contribution >= 0.6 is 23.2 Å². The molecule has 1 N–H and O–H groups in total. The summed E-state index contributed by atoms with van der Waals surface area (Å²) in [6, 6.07) is 5.26. The fraction of sp³-hybridized carbons (Fsp3) is 0.0909. The number of halogens is 2. The van der Waals surface area contributed by atoms with Gasteiger partial charge in [-0.3, -0.25) is 0 Å². The number of nitrogens with one attached hydrogen (secondary N) is 1. The molecule has 16 heavy (non-hydrogen) atoms. The monoisotopic (exact) mass is 254 g/mol. The lowest BCUT2D eigenvalue weighted by Crippen LogP contribution is -1.85. The highest BCUT2D eigenvalue weighted by molar-refractivity contribution is 6.42. The quantitative estimate of drug-likeness (QED) is 0.856. The molecule has 0 bridgehead atoms. The highest BCUT2D eigenvalue weighted by Crippen LogP contribution is 2.26. The highest BCUT2D eigenvalue weighted by atomic mass is 35.5. The number of nitrogens with zero attached hydrogens (tertiary/aromatic N) is 1. The third-order valence-corrected chi connectivity index (χ3v) is 2.86. The van der Waals surface area contributed by atoms with Crippen LogP contribution in [0.2, 0.25) is 10.0 Å². The molecule has 82 valence electrons. The number of aromatic amines is 1. The van der Waals surface area contributed by atoms with Gasteiger partial charge in [0.2, 0.25) is 0 Å². The maximum absolute atomic E-state index is 10.3. The molecular formula is C11H8Cl2N2O. The van der Waals surface area contributed by atoms with Crippen molar-refractivity contribution < 1.29 is 4.79 Å². The first-order valence-electron chi connectivity index (χ1n) is 4.63. The number of benzene rings is 1. The van der Waals surface area contributed by atoms with E-state index in [4.69, 9.17) is 23.2 Å². The average Bonchev–Trinajstić information content (AvgIpc) is 2.71. The number of aromatic nitrogens is 2. The molecule has 0 atom stereocenters. The van der Waals surface area contributed by atoms with Crippen molar-refractivity contribution in [3.63, 3.8) is 0 Å². The molecule has 5 heteroatoms. The van der Waals surface area contributed by atoms with Crippen molar-refractivity contribution >= 4 is 29.5 Å². The Kier molecular flexibility index (Phi) is 3.27. The molecule has 0 aliphatic rings. The van der Waals surface area contributed by atoms with E-state index in [0.717, 1.165) is 17.5 Å². The Balaban J connectivity index is 2.34. The summed E-state index contributed by atoms with van der Waals surface area (Å²) >= 11 is 11.7. The molecule has 0 saturated carbocycles. The Labute approximate surface area is 102 Å². The number of H-pyrrole nitrogens is 1. The third kappa shape index (κ3) is 2.26. The van der Waals surface area contributed by atoms with Crippen LogP contribution in [0.1, 0.15) is 5.69 Å². The van der Waals surface area contributed by atoms with Crippen LogP contribution in [0.5, 0.6) is 0 Å². The van der Waals surface area contributed by atoms with Gasteiger partial charge in [-0.05, 0) is 18.2 Å². The second kappa shape index (κ2) is 4.68. The summed E-state index contributed by atoms with van der Waals surface area (Å²) in [5, 5.41) is 0.984. The summed E-state index contributed by atoms with van der Waals surface area (Å²) < 4.78 is 0. The number of hydrogen-bond acceptors (Lipinski definition) is 2. The Bertz CT molecular complexity index is 522. The SMILES string of the molecule is O=CCc1cnc(-c2ccc(Cl)c(Cl)c2)[nH]1. The minimum absolute atomic E-state index is 0.328. The van der Waals surface area contributed by atoms with Gasteiger partial charge in [-0.15, -0.1) is 0 Å². The Hall–Kier alpha value is -1.32. The molecule has 1 aromatic heterocycles. The molecule has 2 rings (SSSR count). The smallest absolute Gasteiger partial charge is 0.137 e. The lowest BCUT2D eigenvalue weighted by Gasteiger charge is -1.99. The van der Waals surface area contributed by atoms with Crippen LogP contribution in [0.15, 0.2) is 24.4 Å². The van der Waals surface area contributed by atoms with Gasteiger partial charge >= 0.3 is 0 Å². The zero-order valence-electron chi connectivity index (χ0n) is 8.21. The molecule has 1 heterocycles. The number of carbonyl (C=O) groups is 1. The number of carbonyl (C=O) groups excluding carboxylic acids is 1. The van der Waals surface area contributed by atoms with Gasteiger partial charge in [-0.2, -0.15) is 0 Å².